The first kappa shape index (κ1) is 18.3. The van der Waals surface area contributed by atoms with Crippen LogP contribution in [0, 0.1) is 0 Å². The maximum atomic E-state index is 12.1. The van der Waals surface area contributed by atoms with Gasteiger partial charge in [-0.05, 0) is 36.1 Å². The number of ether oxygens (including phenoxy) is 1. The van der Waals surface area contributed by atoms with Crippen LogP contribution in [0.3, 0.4) is 0 Å². The summed E-state index contributed by atoms with van der Waals surface area (Å²) in [7, 11) is 0. The molecule has 1 amide bonds. The molecule has 3 aromatic rings. The minimum atomic E-state index is -0.307. The molecule has 0 spiro atoms. The zero-order valence-electron chi connectivity index (χ0n) is 13.7. The molecular weight excluding hydrogens is 375 g/mol. The molecule has 134 valence electrons. The van der Waals surface area contributed by atoms with Crippen molar-refractivity contribution in [2.45, 2.75) is 6.42 Å². The van der Waals surface area contributed by atoms with Gasteiger partial charge in [0.2, 0.25) is 0 Å². The highest BCUT2D eigenvalue weighted by Gasteiger charge is 2.08. The van der Waals surface area contributed by atoms with Crippen molar-refractivity contribution in [3.8, 4) is 5.75 Å². The lowest BCUT2D eigenvalue weighted by Gasteiger charge is -2.09. The third-order valence-electron chi connectivity index (χ3n) is 3.80. The Morgan fingerprint density at radius 3 is 2.77 bits per heavy atom. The molecule has 0 aliphatic rings. The first-order valence-corrected chi connectivity index (χ1v) is 8.74. The quantitative estimate of drug-likeness (QED) is 0.675. The van der Waals surface area contributed by atoms with Gasteiger partial charge >= 0.3 is 0 Å². The van der Waals surface area contributed by atoms with E-state index in [1.165, 1.54) is 0 Å². The number of para-hydroxylation sites is 1. The number of carbonyl (C=O) groups is 1. The van der Waals surface area contributed by atoms with Crippen LogP contribution in [0.4, 0.5) is 0 Å². The summed E-state index contributed by atoms with van der Waals surface area (Å²) in [5, 5.41) is 4.52. The van der Waals surface area contributed by atoms with Gasteiger partial charge in [0, 0.05) is 28.7 Å². The van der Waals surface area contributed by atoms with E-state index in [1.807, 2.05) is 30.3 Å². The van der Waals surface area contributed by atoms with Crippen molar-refractivity contribution >= 4 is 40.0 Å². The van der Waals surface area contributed by atoms with Crippen LogP contribution in [0.2, 0.25) is 10.0 Å². The minimum absolute atomic E-state index is 0.153. The maximum absolute atomic E-state index is 12.1. The van der Waals surface area contributed by atoms with Gasteiger partial charge in [-0.3, -0.25) is 9.59 Å². The molecule has 1 heterocycles. The van der Waals surface area contributed by atoms with E-state index in [1.54, 1.807) is 18.2 Å². The number of hydrogen-bond donors (Lipinski definition) is 2. The van der Waals surface area contributed by atoms with Crippen molar-refractivity contribution in [2.75, 3.05) is 13.2 Å². The highest BCUT2D eigenvalue weighted by molar-refractivity contribution is 6.34. The second-order valence-corrected chi connectivity index (χ2v) is 6.52. The van der Waals surface area contributed by atoms with Crippen molar-refractivity contribution in [3.63, 3.8) is 0 Å². The number of rotatable bonds is 6. The number of pyridine rings is 1. The fraction of sp³-hybridized carbons (Fsp3) is 0.158. The molecule has 2 aromatic carbocycles. The van der Waals surface area contributed by atoms with Crippen LogP contribution < -0.4 is 15.6 Å². The Labute approximate surface area is 159 Å². The highest BCUT2D eigenvalue weighted by Crippen LogP contribution is 2.27. The Kier molecular flexibility index (Phi) is 5.81. The summed E-state index contributed by atoms with van der Waals surface area (Å²) in [4.78, 5) is 26.8. The smallest absolute Gasteiger partial charge is 0.257 e. The summed E-state index contributed by atoms with van der Waals surface area (Å²) >= 11 is 11.8. The number of aromatic nitrogens is 1. The van der Waals surface area contributed by atoms with E-state index in [0.29, 0.717) is 34.3 Å². The second-order valence-electron chi connectivity index (χ2n) is 5.67. The van der Waals surface area contributed by atoms with Gasteiger partial charge in [0.15, 0.2) is 6.61 Å². The standard InChI is InChI=1S/C19H16Cl2N2O3/c20-14-5-6-15(21)17(10-14)26-11-18(24)22-8-7-13-9-12-3-1-2-4-16(12)23-19(13)25/h1-6,9-10H,7-8,11H2,(H,22,24)(H,23,25). The Balaban J connectivity index is 1.53. The van der Waals surface area contributed by atoms with Crippen molar-refractivity contribution in [3.05, 3.63) is 74.5 Å². The molecule has 2 N–H and O–H groups in total. The first-order chi connectivity index (χ1) is 12.5. The van der Waals surface area contributed by atoms with Gasteiger partial charge in [-0.15, -0.1) is 0 Å². The Hall–Kier alpha value is -2.50. The van der Waals surface area contributed by atoms with Gasteiger partial charge in [-0.25, -0.2) is 0 Å². The number of H-pyrrole nitrogens is 1. The number of aromatic amines is 1. The lowest BCUT2D eigenvalue weighted by molar-refractivity contribution is -0.123. The van der Waals surface area contributed by atoms with E-state index in [0.717, 1.165) is 10.9 Å². The van der Waals surface area contributed by atoms with Crippen LogP contribution >= 0.6 is 23.2 Å². The van der Waals surface area contributed by atoms with Crippen molar-refractivity contribution in [1.82, 2.24) is 10.3 Å². The molecule has 0 atom stereocenters. The number of halogens is 2. The van der Waals surface area contributed by atoms with Crippen LogP contribution in [0.1, 0.15) is 5.56 Å². The predicted molar refractivity (Wildman–Crippen MR) is 103 cm³/mol. The molecule has 5 nitrogen and oxygen atoms in total. The van der Waals surface area contributed by atoms with Gasteiger partial charge in [0.1, 0.15) is 5.75 Å². The molecule has 0 aliphatic heterocycles. The van der Waals surface area contributed by atoms with E-state index >= 15 is 0 Å². The Morgan fingerprint density at radius 2 is 1.92 bits per heavy atom. The summed E-state index contributed by atoms with van der Waals surface area (Å²) < 4.78 is 5.37. The molecular formula is C19H16Cl2N2O3. The van der Waals surface area contributed by atoms with Crippen LogP contribution in [-0.2, 0) is 11.2 Å². The highest BCUT2D eigenvalue weighted by atomic mass is 35.5. The minimum Gasteiger partial charge on any atom is -0.482 e. The molecule has 3 rings (SSSR count). The first-order valence-electron chi connectivity index (χ1n) is 7.98. The number of benzene rings is 2. The van der Waals surface area contributed by atoms with E-state index in [9.17, 15) is 9.59 Å². The lowest BCUT2D eigenvalue weighted by atomic mass is 10.1. The summed E-state index contributed by atoms with van der Waals surface area (Å²) in [5.74, 6) is 0.0403. The van der Waals surface area contributed by atoms with Crippen molar-refractivity contribution < 1.29 is 9.53 Å². The lowest BCUT2D eigenvalue weighted by Crippen LogP contribution is -2.31. The number of amides is 1. The fourth-order valence-corrected chi connectivity index (χ4v) is 2.83. The van der Waals surface area contributed by atoms with Gasteiger partial charge in [-0.1, -0.05) is 41.4 Å². The maximum Gasteiger partial charge on any atom is 0.257 e. The zero-order valence-corrected chi connectivity index (χ0v) is 15.2. The zero-order chi connectivity index (χ0) is 18.5. The van der Waals surface area contributed by atoms with E-state index in [2.05, 4.69) is 10.3 Å². The number of hydrogen-bond acceptors (Lipinski definition) is 3. The molecule has 1 aromatic heterocycles. The van der Waals surface area contributed by atoms with E-state index in [-0.39, 0.29) is 18.1 Å². The SMILES string of the molecule is O=C(COc1cc(Cl)ccc1Cl)NCCc1cc2ccccc2[nH]c1=O. The molecule has 0 bridgehead atoms. The number of nitrogens with one attached hydrogen (secondary N) is 2. The van der Waals surface area contributed by atoms with E-state index in [4.69, 9.17) is 27.9 Å². The van der Waals surface area contributed by atoms with Gasteiger partial charge in [-0.2, -0.15) is 0 Å². The Bertz CT molecular complexity index is 1000. The van der Waals surface area contributed by atoms with Crippen molar-refractivity contribution in [2.24, 2.45) is 0 Å². The predicted octanol–water partition coefficient (Wildman–Crippen LogP) is 3.57. The molecule has 0 aliphatic carbocycles. The molecule has 7 heteroatoms. The third kappa shape index (κ3) is 4.56. The van der Waals surface area contributed by atoms with Gasteiger partial charge < -0.3 is 15.0 Å². The number of fused-ring (bicyclic) bond motifs is 1. The molecule has 0 fully saturated rings. The van der Waals surface area contributed by atoms with Crippen LogP contribution in [0.25, 0.3) is 10.9 Å². The average molecular weight is 391 g/mol. The summed E-state index contributed by atoms with van der Waals surface area (Å²) in [6.45, 7) is 0.140. The third-order valence-corrected chi connectivity index (χ3v) is 4.35. The summed E-state index contributed by atoms with van der Waals surface area (Å²) in [5.41, 5.74) is 1.25. The Morgan fingerprint density at radius 1 is 1.12 bits per heavy atom. The topological polar surface area (TPSA) is 71.2 Å². The average Bonchev–Trinajstić information content (AvgIpc) is 2.63. The molecule has 0 radical (unpaired) electrons. The van der Waals surface area contributed by atoms with Gasteiger partial charge in [0.25, 0.3) is 11.5 Å². The number of carbonyl (C=O) groups excluding carboxylic acids is 1. The second kappa shape index (κ2) is 8.25. The summed E-state index contributed by atoms with van der Waals surface area (Å²) in [6, 6.07) is 14.2. The van der Waals surface area contributed by atoms with Crippen LogP contribution in [0.5, 0.6) is 5.75 Å². The summed E-state index contributed by atoms with van der Waals surface area (Å²) in [6.07, 6.45) is 0.420. The van der Waals surface area contributed by atoms with Gasteiger partial charge in [0.05, 0.1) is 5.02 Å². The normalized spacial score (nSPS) is 10.7. The van der Waals surface area contributed by atoms with Crippen LogP contribution in [0.15, 0.2) is 53.3 Å². The molecule has 0 saturated heterocycles. The molecule has 0 unspecified atom stereocenters. The van der Waals surface area contributed by atoms with Crippen molar-refractivity contribution in [1.29, 1.82) is 0 Å². The molecule has 0 saturated carbocycles. The largest absolute Gasteiger partial charge is 0.482 e. The monoisotopic (exact) mass is 390 g/mol. The fourth-order valence-electron chi connectivity index (χ4n) is 2.50. The van der Waals surface area contributed by atoms with E-state index < -0.39 is 0 Å². The van der Waals surface area contributed by atoms with Crippen LogP contribution in [-0.4, -0.2) is 24.0 Å². The molecule has 26 heavy (non-hydrogen) atoms.